The molecule has 3 unspecified atom stereocenters. The van der Waals surface area contributed by atoms with Gasteiger partial charge in [-0.1, -0.05) is 11.6 Å². The van der Waals surface area contributed by atoms with Crippen molar-refractivity contribution in [3.05, 3.63) is 16.9 Å². The van der Waals surface area contributed by atoms with Crippen molar-refractivity contribution >= 4 is 11.6 Å². The predicted octanol–water partition coefficient (Wildman–Crippen LogP) is 1.56. The van der Waals surface area contributed by atoms with Crippen LogP contribution in [0.2, 0.25) is 5.02 Å². The molecule has 0 saturated carbocycles. The van der Waals surface area contributed by atoms with Gasteiger partial charge in [0.05, 0.1) is 36.2 Å². The van der Waals surface area contributed by atoms with E-state index in [0.29, 0.717) is 17.3 Å². The molecule has 0 spiro atoms. The van der Waals surface area contributed by atoms with E-state index in [1.165, 1.54) is 0 Å². The molecular weight excluding hydrogens is 266 g/mol. The van der Waals surface area contributed by atoms with E-state index < -0.39 is 6.10 Å². The third kappa shape index (κ3) is 3.48. The second kappa shape index (κ2) is 6.22. The second-order valence-corrected chi connectivity index (χ2v) is 5.90. The normalized spacial score (nSPS) is 25.2. The molecule has 1 fully saturated rings. The summed E-state index contributed by atoms with van der Waals surface area (Å²) < 4.78 is 7.32. The number of hydrogen-bond donors (Lipinski definition) is 1. The topological polar surface area (TPSA) is 50.5 Å². The first-order valence-corrected chi connectivity index (χ1v) is 7.02. The minimum Gasteiger partial charge on any atom is -0.386 e. The molecule has 5 nitrogen and oxygen atoms in total. The Hall–Kier alpha value is -0.620. The Morgan fingerprint density at radius 3 is 2.95 bits per heavy atom. The summed E-state index contributed by atoms with van der Waals surface area (Å²) >= 11 is 6.17. The Balaban J connectivity index is 2.11. The van der Waals surface area contributed by atoms with E-state index in [9.17, 15) is 5.11 Å². The van der Waals surface area contributed by atoms with Gasteiger partial charge >= 0.3 is 0 Å². The molecule has 0 aromatic carbocycles. The summed E-state index contributed by atoms with van der Waals surface area (Å²) in [5, 5.41) is 15.3. The Labute approximate surface area is 119 Å². The predicted molar refractivity (Wildman–Crippen MR) is 74.3 cm³/mol. The van der Waals surface area contributed by atoms with Crippen LogP contribution < -0.4 is 0 Å². The number of ether oxygens (including phenoxy) is 1. The van der Waals surface area contributed by atoms with Gasteiger partial charge in [-0.25, -0.2) is 0 Å². The van der Waals surface area contributed by atoms with Gasteiger partial charge in [-0.05, 0) is 27.4 Å². The van der Waals surface area contributed by atoms with Crippen LogP contribution >= 0.6 is 11.6 Å². The minimum atomic E-state index is -0.609. The smallest absolute Gasteiger partial charge is 0.102 e. The molecule has 1 N–H and O–H groups in total. The first-order chi connectivity index (χ1) is 8.99. The van der Waals surface area contributed by atoms with Crippen LogP contribution in [0.15, 0.2) is 6.20 Å². The number of nitrogens with zero attached hydrogens (tertiary/aromatic N) is 3. The highest BCUT2D eigenvalue weighted by atomic mass is 35.5. The zero-order chi connectivity index (χ0) is 14.0. The van der Waals surface area contributed by atoms with Crippen molar-refractivity contribution in [1.29, 1.82) is 0 Å². The summed E-state index contributed by atoms with van der Waals surface area (Å²) in [6.45, 7) is 4.18. The average molecular weight is 288 g/mol. The number of aromatic nitrogens is 2. The molecule has 2 heterocycles. The summed E-state index contributed by atoms with van der Waals surface area (Å²) in [5.41, 5.74) is 0.714. The largest absolute Gasteiger partial charge is 0.386 e. The SMILES string of the molecule is CC1CC(C(O)c2c(Cl)cnn2CCN(C)C)CO1. The van der Waals surface area contributed by atoms with Crippen LogP contribution in [-0.2, 0) is 11.3 Å². The van der Waals surface area contributed by atoms with E-state index in [2.05, 4.69) is 10.00 Å². The van der Waals surface area contributed by atoms with E-state index in [0.717, 1.165) is 19.5 Å². The van der Waals surface area contributed by atoms with Crippen molar-refractivity contribution in [2.45, 2.75) is 32.1 Å². The van der Waals surface area contributed by atoms with Gasteiger partial charge in [0, 0.05) is 12.5 Å². The quantitative estimate of drug-likeness (QED) is 0.893. The van der Waals surface area contributed by atoms with Crippen LogP contribution in [0.4, 0.5) is 0 Å². The van der Waals surface area contributed by atoms with Gasteiger partial charge in [0.2, 0.25) is 0 Å². The summed E-state index contributed by atoms with van der Waals surface area (Å²) in [4.78, 5) is 2.08. The van der Waals surface area contributed by atoms with Crippen molar-refractivity contribution in [3.63, 3.8) is 0 Å². The maximum Gasteiger partial charge on any atom is 0.102 e. The Morgan fingerprint density at radius 2 is 2.37 bits per heavy atom. The van der Waals surface area contributed by atoms with Crippen molar-refractivity contribution in [1.82, 2.24) is 14.7 Å². The first kappa shape index (κ1) is 14.8. The first-order valence-electron chi connectivity index (χ1n) is 6.64. The molecule has 0 bridgehead atoms. The number of hydrogen-bond acceptors (Lipinski definition) is 4. The fraction of sp³-hybridized carbons (Fsp3) is 0.769. The van der Waals surface area contributed by atoms with Gasteiger partial charge in [0.25, 0.3) is 0 Å². The molecule has 6 heteroatoms. The zero-order valence-electron chi connectivity index (χ0n) is 11.7. The lowest BCUT2D eigenvalue weighted by molar-refractivity contribution is 0.0750. The van der Waals surface area contributed by atoms with Gasteiger partial charge in [-0.2, -0.15) is 5.10 Å². The van der Waals surface area contributed by atoms with Gasteiger partial charge in [0.1, 0.15) is 6.10 Å². The van der Waals surface area contributed by atoms with Gasteiger partial charge in [-0.15, -0.1) is 0 Å². The molecule has 1 aliphatic rings. The molecule has 1 aromatic heterocycles. The highest BCUT2D eigenvalue weighted by Crippen LogP contribution is 2.34. The number of rotatable bonds is 5. The summed E-state index contributed by atoms with van der Waals surface area (Å²) in [6.07, 6.45) is 2.06. The molecule has 1 saturated heterocycles. The summed E-state index contributed by atoms with van der Waals surface area (Å²) in [5.74, 6) is 0.0994. The molecule has 3 atom stereocenters. The highest BCUT2D eigenvalue weighted by molar-refractivity contribution is 6.31. The summed E-state index contributed by atoms with van der Waals surface area (Å²) in [6, 6.07) is 0. The fourth-order valence-electron chi connectivity index (χ4n) is 2.43. The molecule has 0 amide bonds. The molecule has 108 valence electrons. The zero-order valence-corrected chi connectivity index (χ0v) is 12.5. The van der Waals surface area contributed by atoms with E-state index in [1.807, 2.05) is 21.0 Å². The molecule has 2 rings (SSSR count). The van der Waals surface area contributed by atoms with Crippen LogP contribution in [-0.4, -0.2) is 53.1 Å². The third-order valence-electron chi connectivity index (χ3n) is 3.55. The monoisotopic (exact) mass is 287 g/mol. The molecule has 19 heavy (non-hydrogen) atoms. The van der Waals surface area contributed by atoms with Gasteiger partial charge in [-0.3, -0.25) is 4.68 Å². The van der Waals surface area contributed by atoms with Crippen LogP contribution in [0.1, 0.15) is 25.1 Å². The van der Waals surface area contributed by atoms with Crippen LogP contribution in [0, 0.1) is 5.92 Å². The number of aliphatic hydroxyl groups is 1. The second-order valence-electron chi connectivity index (χ2n) is 5.49. The standard InChI is InChI=1S/C13H22ClN3O2/c1-9-6-10(8-19-9)13(18)12-11(14)7-15-17(12)5-4-16(2)3/h7,9-10,13,18H,4-6,8H2,1-3H3. The van der Waals surface area contributed by atoms with Crippen LogP contribution in [0.25, 0.3) is 0 Å². The molecule has 1 aliphatic heterocycles. The minimum absolute atomic E-state index is 0.0994. The molecule has 1 aromatic rings. The lowest BCUT2D eigenvalue weighted by Crippen LogP contribution is -2.23. The molecule has 0 aliphatic carbocycles. The number of aliphatic hydroxyl groups excluding tert-OH is 1. The van der Waals surface area contributed by atoms with Gasteiger partial charge < -0.3 is 14.7 Å². The number of likely N-dealkylation sites (N-methyl/N-ethyl adjacent to an activating group) is 1. The lowest BCUT2D eigenvalue weighted by Gasteiger charge is -2.19. The third-order valence-corrected chi connectivity index (χ3v) is 3.84. The van der Waals surface area contributed by atoms with E-state index in [-0.39, 0.29) is 12.0 Å². The molecular formula is C13H22ClN3O2. The molecule has 0 radical (unpaired) electrons. The summed E-state index contributed by atoms with van der Waals surface area (Å²) in [7, 11) is 4.02. The lowest BCUT2D eigenvalue weighted by atomic mass is 9.97. The average Bonchev–Trinajstić information content (AvgIpc) is 2.92. The van der Waals surface area contributed by atoms with Crippen molar-refractivity contribution < 1.29 is 9.84 Å². The van der Waals surface area contributed by atoms with Crippen LogP contribution in [0.5, 0.6) is 0 Å². The Bertz CT molecular complexity index is 422. The maximum atomic E-state index is 10.5. The van der Waals surface area contributed by atoms with Crippen LogP contribution in [0.3, 0.4) is 0 Å². The highest BCUT2D eigenvalue weighted by Gasteiger charge is 2.32. The van der Waals surface area contributed by atoms with E-state index >= 15 is 0 Å². The van der Waals surface area contributed by atoms with Crippen molar-refractivity contribution in [2.75, 3.05) is 27.2 Å². The fourth-order valence-corrected chi connectivity index (χ4v) is 2.69. The van der Waals surface area contributed by atoms with Gasteiger partial charge in [0.15, 0.2) is 0 Å². The van der Waals surface area contributed by atoms with Crippen molar-refractivity contribution in [3.8, 4) is 0 Å². The van der Waals surface area contributed by atoms with Crippen molar-refractivity contribution in [2.24, 2.45) is 5.92 Å². The van der Waals surface area contributed by atoms with E-state index in [1.54, 1.807) is 10.9 Å². The maximum absolute atomic E-state index is 10.5. The Morgan fingerprint density at radius 1 is 1.63 bits per heavy atom. The number of halogens is 1. The van der Waals surface area contributed by atoms with E-state index in [4.69, 9.17) is 16.3 Å². The Kier molecular flexibility index (Phi) is 4.84.